The zero-order chi connectivity index (χ0) is 13.0. The molecule has 1 saturated heterocycles. The van der Waals surface area contributed by atoms with Crippen LogP contribution in [0.1, 0.15) is 30.1 Å². The second-order valence-electron chi connectivity index (χ2n) is 4.53. The van der Waals surface area contributed by atoms with Crippen LogP contribution in [0.15, 0.2) is 18.3 Å². The Kier molecular flexibility index (Phi) is 4.15. The van der Waals surface area contributed by atoms with E-state index in [1.54, 1.807) is 18.3 Å². The van der Waals surface area contributed by atoms with Crippen LogP contribution in [0.2, 0.25) is 0 Å². The molecule has 98 valence electrons. The van der Waals surface area contributed by atoms with Gasteiger partial charge in [0.15, 0.2) is 0 Å². The number of carbonyl (C=O) groups is 1. The highest BCUT2D eigenvalue weighted by molar-refractivity contribution is 5.97. The lowest BCUT2D eigenvalue weighted by Crippen LogP contribution is -2.47. The van der Waals surface area contributed by atoms with Gasteiger partial charge in [0, 0.05) is 25.3 Å². The number of hydrogen-bond acceptors (Lipinski definition) is 4. The van der Waals surface area contributed by atoms with Crippen molar-refractivity contribution in [3.63, 3.8) is 0 Å². The Labute approximate surface area is 107 Å². The Morgan fingerprint density at radius 1 is 1.67 bits per heavy atom. The smallest absolute Gasteiger partial charge is 0.252 e. The molecule has 1 aliphatic rings. The molecule has 1 unspecified atom stereocenters. The third-order valence-corrected chi connectivity index (χ3v) is 3.38. The summed E-state index contributed by atoms with van der Waals surface area (Å²) in [6.07, 6.45) is 3.98. The molecule has 0 saturated carbocycles. The summed E-state index contributed by atoms with van der Waals surface area (Å²) in [6, 6.07) is 3.87. The minimum atomic E-state index is -0.416. The summed E-state index contributed by atoms with van der Waals surface area (Å²) in [4.78, 5) is 18.0. The van der Waals surface area contributed by atoms with Gasteiger partial charge >= 0.3 is 0 Å². The van der Waals surface area contributed by atoms with Gasteiger partial charge in [-0.2, -0.15) is 0 Å². The predicted octanol–water partition coefficient (Wildman–Crippen LogP) is 0.759. The Bertz CT molecular complexity index is 415. The molecule has 2 rings (SSSR count). The van der Waals surface area contributed by atoms with Gasteiger partial charge in [0.1, 0.15) is 5.82 Å². The Balaban J connectivity index is 2.28. The van der Waals surface area contributed by atoms with E-state index in [1.807, 2.05) is 0 Å². The molecular formula is C13H20N4O. The van der Waals surface area contributed by atoms with Crippen molar-refractivity contribution >= 4 is 11.7 Å². The van der Waals surface area contributed by atoms with Gasteiger partial charge in [-0.1, -0.05) is 0 Å². The van der Waals surface area contributed by atoms with Gasteiger partial charge in [-0.3, -0.25) is 4.79 Å². The van der Waals surface area contributed by atoms with E-state index < -0.39 is 5.91 Å². The molecular weight excluding hydrogens is 228 g/mol. The molecule has 0 radical (unpaired) electrons. The van der Waals surface area contributed by atoms with E-state index in [9.17, 15) is 4.79 Å². The normalized spacial score (nSPS) is 19.5. The number of amides is 1. The summed E-state index contributed by atoms with van der Waals surface area (Å²) in [5, 5.41) is 3.38. The summed E-state index contributed by atoms with van der Waals surface area (Å²) in [5.74, 6) is 0.293. The number of piperidine rings is 1. The molecule has 0 aromatic carbocycles. The SMILES string of the molecule is CCN(c1ncccc1C(N)=O)C1CCCNC1. The average molecular weight is 248 g/mol. The topological polar surface area (TPSA) is 71.2 Å². The Morgan fingerprint density at radius 3 is 3.11 bits per heavy atom. The lowest BCUT2D eigenvalue weighted by Gasteiger charge is -2.35. The number of pyridine rings is 1. The van der Waals surface area contributed by atoms with E-state index in [0.717, 1.165) is 32.5 Å². The minimum absolute atomic E-state index is 0.386. The second kappa shape index (κ2) is 5.82. The lowest BCUT2D eigenvalue weighted by atomic mass is 10.0. The fourth-order valence-electron chi connectivity index (χ4n) is 2.50. The number of aromatic nitrogens is 1. The Morgan fingerprint density at radius 2 is 2.50 bits per heavy atom. The third-order valence-electron chi connectivity index (χ3n) is 3.38. The van der Waals surface area contributed by atoms with Gasteiger partial charge in [0.05, 0.1) is 5.56 Å². The van der Waals surface area contributed by atoms with Crippen molar-refractivity contribution in [1.29, 1.82) is 0 Å². The number of carbonyl (C=O) groups excluding carboxylic acids is 1. The van der Waals surface area contributed by atoms with Crippen molar-refractivity contribution in [1.82, 2.24) is 10.3 Å². The van der Waals surface area contributed by atoms with E-state index in [4.69, 9.17) is 5.73 Å². The van der Waals surface area contributed by atoms with Crippen molar-refractivity contribution in [3.05, 3.63) is 23.9 Å². The largest absolute Gasteiger partial charge is 0.365 e. The molecule has 0 bridgehead atoms. The number of hydrogen-bond donors (Lipinski definition) is 2. The van der Waals surface area contributed by atoms with Crippen molar-refractivity contribution in [3.8, 4) is 0 Å². The molecule has 1 amide bonds. The number of anilines is 1. The van der Waals surface area contributed by atoms with Crippen LogP contribution in [0.3, 0.4) is 0 Å². The highest BCUT2D eigenvalue weighted by Gasteiger charge is 2.23. The van der Waals surface area contributed by atoms with E-state index >= 15 is 0 Å². The van der Waals surface area contributed by atoms with Crippen LogP contribution < -0.4 is 16.0 Å². The van der Waals surface area contributed by atoms with E-state index in [2.05, 4.69) is 22.1 Å². The molecule has 5 heteroatoms. The molecule has 5 nitrogen and oxygen atoms in total. The number of likely N-dealkylation sites (N-methyl/N-ethyl adjacent to an activating group) is 1. The van der Waals surface area contributed by atoms with E-state index in [-0.39, 0.29) is 0 Å². The number of rotatable bonds is 4. The second-order valence-corrected chi connectivity index (χ2v) is 4.53. The number of nitrogens with two attached hydrogens (primary N) is 1. The van der Waals surface area contributed by atoms with Gasteiger partial charge < -0.3 is 16.0 Å². The number of nitrogens with one attached hydrogen (secondary N) is 1. The quantitative estimate of drug-likeness (QED) is 0.825. The average Bonchev–Trinajstić information content (AvgIpc) is 2.41. The summed E-state index contributed by atoms with van der Waals surface area (Å²) in [6.45, 7) is 4.90. The first-order valence-electron chi connectivity index (χ1n) is 6.46. The summed E-state index contributed by atoms with van der Waals surface area (Å²) >= 11 is 0. The first-order valence-corrected chi connectivity index (χ1v) is 6.46. The maximum absolute atomic E-state index is 11.5. The van der Waals surface area contributed by atoms with Crippen LogP contribution in [-0.4, -0.2) is 36.6 Å². The highest BCUT2D eigenvalue weighted by Crippen LogP contribution is 2.21. The van der Waals surface area contributed by atoms with Crippen LogP contribution in [0.25, 0.3) is 0 Å². The summed E-state index contributed by atoms with van der Waals surface area (Å²) in [7, 11) is 0. The molecule has 2 heterocycles. The standard InChI is InChI=1S/C13H20N4O/c1-2-17(10-5-3-7-15-9-10)13-11(12(14)18)6-4-8-16-13/h4,6,8,10,15H,2-3,5,7,9H2,1H3,(H2,14,18). The monoisotopic (exact) mass is 248 g/mol. The first-order chi connectivity index (χ1) is 8.74. The lowest BCUT2D eigenvalue weighted by molar-refractivity contribution is 0.100. The molecule has 0 aliphatic carbocycles. The third kappa shape index (κ3) is 2.61. The van der Waals surface area contributed by atoms with Gasteiger partial charge in [-0.05, 0) is 38.4 Å². The van der Waals surface area contributed by atoms with Crippen LogP contribution in [0.5, 0.6) is 0 Å². The first kappa shape index (κ1) is 12.8. The van der Waals surface area contributed by atoms with Crippen LogP contribution in [-0.2, 0) is 0 Å². The number of primary amides is 1. The van der Waals surface area contributed by atoms with Crippen LogP contribution >= 0.6 is 0 Å². The molecule has 18 heavy (non-hydrogen) atoms. The van der Waals surface area contributed by atoms with Crippen LogP contribution in [0, 0.1) is 0 Å². The zero-order valence-corrected chi connectivity index (χ0v) is 10.7. The molecule has 1 atom stereocenters. The van der Waals surface area contributed by atoms with Crippen molar-refractivity contribution in [2.24, 2.45) is 5.73 Å². The molecule has 0 spiro atoms. The molecule has 1 aliphatic heterocycles. The maximum atomic E-state index is 11.5. The van der Waals surface area contributed by atoms with Gasteiger partial charge in [-0.15, -0.1) is 0 Å². The van der Waals surface area contributed by atoms with Crippen molar-refractivity contribution in [2.75, 3.05) is 24.5 Å². The molecule has 1 aromatic heterocycles. The zero-order valence-electron chi connectivity index (χ0n) is 10.7. The Hall–Kier alpha value is -1.62. The van der Waals surface area contributed by atoms with E-state index in [0.29, 0.717) is 17.4 Å². The highest BCUT2D eigenvalue weighted by atomic mass is 16.1. The molecule has 1 aromatic rings. The predicted molar refractivity (Wildman–Crippen MR) is 71.7 cm³/mol. The minimum Gasteiger partial charge on any atom is -0.365 e. The molecule has 3 N–H and O–H groups in total. The summed E-state index contributed by atoms with van der Waals surface area (Å²) in [5.41, 5.74) is 5.92. The van der Waals surface area contributed by atoms with Crippen molar-refractivity contribution in [2.45, 2.75) is 25.8 Å². The number of nitrogens with zero attached hydrogens (tertiary/aromatic N) is 2. The van der Waals surface area contributed by atoms with Crippen LogP contribution in [0.4, 0.5) is 5.82 Å². The molecule has 1 fully saturated rings. The fraction of sp³-hybridized carbons (Fsp3) is 0.538. The van der Waals surface area contributed by atoms with Gasteiger partial charge in [0.2, 0.25) is 0 Å². The fourth-order valence-corrected chi connectivity index (χ4v) is 2.50. The van der Waals surface area contributed by atoms with E-state index in [1.165, 1.54) is 0 Å². The van der Waals surface area contributed by atoms with Crippen molar-refractivity contribution < 1.29 is 4.79 Å². The maximum Gasteiger partial charge on any atom is 0.252 e. The summed E-state index contributed by atoms with van der Waals surface area (Å²) < 4.78 is 0. The van der Waals surface area contributed by atoms with Gasteiger partial charge in [0.25, 0.3) is 5.91 Å². The van der Waals surface area contributed by atoms with Gasteiger partial charge in [-0.25, -0.2) is 4.98 Å².